The lowest BCUT2D eigenvalue weighted by Gasteiger charge is -2.21. The van der Waals surface area contributed by atoms with Crippen LogP contribution in [0.15, 0.2) is 18.5 Å². The molecule has 0 aliphatic carbocycles. The number of hydrogen-bond acceptors (Lipinski definition) is 4. The molecule has 1 aromatic heterocycles. The molecule has 1 aromatic rings. The summed E-state index contributed by atoms with van der Waals surface area (Å²) in [6, 6.07) is 1.52. The fraction of sp³-hybridized carbons (Fsp3) is 0.500. The Hall–Kier alpha value is -1.83. The third-order valence-corrected chi connectivity index (χ3v) is 3.23. The lowest BCUT2D eigenvalue weighted by atomic mass is 9.94. The molecule has 8 heteroatoms. The molecule has 2 heterocycles. The van der Waals surface area contributed by atoms with Crippen molar-refractivity contribution in [2.75, 3.05) is 25.5 Å². The smallest absolute Gasteiger partial charge is 0.393 e. The number of hydrogen-bond donors (Lipinski definition) is 2. The molecule has 0 bridgehead atoms. The zero-order valence-electron chi connectivity index (χ0n) is 10.7. The lowest BCUT2D eigenvalue weighted by molar-refractivity contribution is -0.181. The average Bonchev–Trinajstić information content (AvgIpc) is 2.88. The molecule has 2 N–H and O–H groups in total. The number of nitrogens with one attached hydrogen (secondary N) is 2. The zero-order valence-corrected chi connectivity index (χ0v) is 10.7. The number of amides is 1. The van der Waals surface area contributed by atoms with Crippen LogP contribution in [0.25, 0.3) is 0 Å². The van der Waals surface area contributed by atoms with Crippen molar-refractivity contribution in [2.24, 2.45) is 11.8 Å². The van der Waals surface area contributed by atoms with Crippen molar-refractivity contribution in [3.05, 3.63) is 18.5 Å². The summed E-state index contributed by atoms with van der Waals surface area (Å²) < 4.78 is 43.4. The van der Waals surface area contributed by atoms with E-state index in [9.17, 15) is 18.0 Å². The summed E-state index contributed by atoms with van der Waals surface area (Å²) in [4.78, 5) is 15.8. The van der Waals surface area contributed by atoms with Crippen LogP contribution in [0.3, 0.4) is 0 Å². The first-order chi connectivity index (χ1) is 9.43. The van der Waals surface area contributed by atoms with Crippen molar-refractivity contribution in [1.29, 1.82) is 0 Å². The molecule has 2 atom stereocenters. The molecule has 2 rings (SSSR count). The van der Waals surface area contributed by atoms with Crippen molar-refractivity contribution >= 4 is 11.6 Å². The predicted molar refractivity (Wildman–Crippen MR) is 65.3 cm³/mol. The van der Waals surface area contributed by atoms with Gasteiger partial charge in [-0.2, -0.15) is 13.2 Å². The van der Waals surface area contributed by atoms with Crippen molar-refractivity contribution in [2.45, 2.75) is 6.18 Å². The van der Waals surface area contributed by atoms with Crippen molar-refractivity contribution in [3.8, 4) is 5.75 Å². The van der Waals surface area contributed by atoms with E-state index < -0.39 is 23.9 Å². The number of carbonyl (C=O) groups is 1. The Morgan fingerprint density at radius 2 is 2.25 bits per heavy atom. The summed E-state index contributed by atoms with van der Waals surface area (Å²) in [5.41, 5.74) is 0.257. The highest BCUT2D eigenvalue weighted by atomic mass is 19.4. The molecule has 110 valence electrons. The number of methoxy groups -OCH3 is 1. The maximum absolute atomic E-state index is 12.8. The quantitative estimate of drug-likeness (QED) is 0.883. The lowest BCUT2D eigenvalue weighted by Crippen LogP contribution is -2.36. The molecule has 0 saturated carbocycles. The van der Waals surface area contributed by atoms with Gasteiger partial charge in [-0.15, -0.1) is 0 Å². The number of halogens is 3. The third kappa shape index (κ3) is 3.01. The second-order valence-corrected chi connectivity index (χ2v) is 4.48. The fourth-order valence-electron chi connectivity index (χ4n) is 2.18. The number of pyridine rings is 1. The second kappa shape index (κ2) is 5.66. The van der Waals surface area contributed by atoms with Gasteiger partial charge in [-0.1, -0.05) is 0 Å². The number of aromatic nitrogens is 1. The maximum Gasteiger partial charge on any atom is 0.393 e. The van der Waals surface area contributed by atoms with Crippen molar-refractivity contribution in [3.63, 3.8) is 0 Å². The third-order valence-electron chi connectivity index (χ3n) is 3.23. The monoisotopic (exact) mass is 289 g/mol. The summed E-state index contributed by atoms with van der Waals surface area (Å²) in [7, 11) is 1.40. The van der Waals surface area contributed by atoms with Gasteiger partial charge in [-0.25, -0.2) is 0 Å². The van der Waals surface area contributed by atoms with E-state index >= 15 is 0 Å². The molecule has 20 heavy (non-hydrogen) atoms. The SMILES string of the molecule is COc1ccncc1NC(=O)[C@@H]1CNC[C@H]1C(F)(F)F. The van der Waals surface area contributed by atoms with E-state index in [-0.39, 0.29) is 18.8 Å². The molecule has 0 spiro atoms. The molecular weight excluding hydrogens is 275 g/mol. The van der Waals surface area contributed by atoms with E-state index in [0.29, 0.717) is 5.75 Å². The molecule has 1 fully saturated rings. The molecule has 0 aromatic carbocycles. The number of carbonyl (C=O) groups excluding carboxylic acids is 1. The van der Waals surface area contributed by atoms with Crippen LogP contribution in [0.2, 0.25) is 0 Å². The first-order valence-corrected chi connectivity index (χ1v) is 5.99. The molecule has 0 radical (unpaired) electrons. The molecule has 5 nitrogen and oxygen atoms in total. The average molecular weight is 289 g/mol. The molecule has 0 unspecified atom stereocenters. The number of anilines is 1. The molecule has 1 amide bonds. The Morgan fingerprint density at radius 3 is 2.90 bits per heavy atom. The van der Waals surface area contributed by atoms with Gasteiger partial charge in [0.2, 0.25) is 5.91 Å². The van der Waals surface area contributed by atoms with Crippen molar-refractivity contribution in [1.82, 2.24) is 10.3 Å². The predicted octanol–water partition coefficient (Wildman–Crippen LogP) is 1.43. The largest absolute Gasteiger partial charge is 0.494 e. The number of ether oxygens (including phenoxy) is 1. The van der Waals surface area contributed by atoms with Crippen LogP contribution in [0.4, 0.5) is 18.9 Å². The minimum absolute atomic E-state index is 0.00140. The molecule has 1 aliphatic rings. The minimum Gasteiger partial charge on any atom is -0.494 e. The Morgan fingerprint density at radius 1 is 1.50 bits per heavy atom. The maximum atomic E-state index is 12.8. The Labute approximate surface area is 113 Å². The highest BCUT2D eigenvalue weighted by Crippen LogP contribution is 2.35. The number of alkyl halides is 3. The van der Waals surface area contributed by atoms with Crippen LogP contribution in [-0.4, -0.2) is 37.3 Å². The molecular formula is C12H14F3N3O2. The number of nitrogens with zero attached hydrogens (tertiary/aromatic N) is 1. The van der Waals surface area contributed by atoms with Gasteiger partial charge in [0, 0.05) is 25.4 Å². The Balaban J connectivity index is 2.12. The highest BCUT2D eigenvalue weighted by Gasteiger charge is 2.49. The van der Waals surface area contributed by atoms with Crippen LogP contribution < -0.4 is 15.4 Å². The van der Waals surface area contributed by atoms with Gasteiger partial charge < -0.3 is 15.4 Å². The second-order valence-electron chi connectivity index (χ2n) is 4.48. The fourth-order valence-corrected chi connectivity index (χ4v) is 2.18. The van der Waals surface area contributed by atoms with Crippen LogP contribution in [0.5, 0.6) is 5.75 Å². The summed E-state index contributed by atoms with van der Waals surface area (Å²) in [5.74, 6) is -3.17. The van der Waals surface area contributed by atoms with E-state index in [2.05, 4.69) is 15.6 Å². The first kappa shape index (κ1) is 14.6. The van der Waals surface area contributed by atoms with Gasteiger partial charge in [-0.05, 0) is 0 Å². The van der Waals surface area contributed by atoms with Crippen LogP contribution in [-0.2, 0) is 4.79 Å². The molecule has 1 saturated heterocycles. The van der Waals surface area contributed by atoms with E-state index in [1.807, 2.05) is 0 Å². The highest BCUT2D eigenvalue weighted by molar-refractivity contribution is 5.94. The van der Waals surface area contributed by atoms with E-state index in [4.69, 9.17) is 4.74 Å². The van der Waals surface area contributed by atoms with Crippen LogP contribution in [0, 0.1) is 11.8 Å². The van der Waals surface area contributed by atoms with E-state index in [0.717, 1.165) is 0 Å². The first-order valence-electron chi connectivity index (χ1n) is 5.99. The van der Waals surface area contributed by atoms with Gasteiger partial charge in [0.25, 0.3) is 0 Å². The number of rotatable bonds is 3. The summed E-state index contributed by atoms with van der Waals surface area (Å²) in [6.45, 7) is -0.246. The Bertz CT molecular complexity index is 493. The zero-order chi connectivity index (χ0) is 14.8. The van der Waals surface area contributed by atoms with Gasteiger partial charge in [-0.3, -0.25) is 9.78 Å². The Kier molecular flexibility index (Phi) is 4.12. The van der Waals surface area contributed by atoms with Gasteiger partial charge in [0.15, 0.2) is 0 Å². The van der Waals surface area contributed by atoms with E-state index in [1.165, 1.54) is 25.6 Å². The summed E-state index contributed by atoms with van der Waals surface area (Å²) >= 11 is 0. The van der Waals surface area contributed by atoms with Gasteiger partial charge in [0.05, 0.1) is 25.1 Å². The van der Waals surface area contributed by atoms with Gasteiger partial charge in [0.1, 0.15) is 11.4 Å². The topological polar surface area (TPSA) is 63.2 Å². The summed E-state index contributed by atoms with van der Waals surface area (Å²) in [6.07, 6.45) is -1.60. The van der Waals surface area contributed by atoms with E-state index in [1.54, 1.807) is 0 Å². The molecule has 1 aliphatic heterocycles. The standard InChI is InChI=1S/C12H14F3N3O2/c1-20-10-2-3-16-6-9(10)18-11(19)7-4-17-5-8(7)12(13,14)15/h2-3,6-8,17H,4-5H2,1H3,(H,18,19)/t7-,8-/m1/s1. The van der Waals surface area contributed by atoms with Crippen LogP contribution in [0.1, 0.15) is 0 Å². The normalized spacial score (nSPS) is 22.6. The minimum atomic E-state index is -4.40. The van der Waals surface area contributed by atoms with Crippen LogP contribution >= 0.6 is 0 Å². The van der Waals surface area contributed by atoms with Crippen molar-refractivity contribution < 1.29 is 22.7 Å². The van der Waals surface area contributed by atoms with Gasteiger partial charge >= 0.3 is 6.18 Å². The summed E-state index contributed by atoms with van der Waals surface area (Å²) in [5, 5.41) is 5.04.